The normalized spacial score (nSPS) is 25.8. The number of amides is 2. The summed E-state index contributed by atoms with van der Waals surface area (Å²) in [7, 11) is 0. The molecule has 1 N–H and O–H groups in total. The SMILES string of the molecule is O=C1NC2(CO1)CN(C(=O)OC1CC(Oc3ccc(F)c(F)c3F)C1)C2. The largest absolute Gasteiger partial charge is 0.487 e. The van der Waals surface area contributed by atoms with Crippen molar-refractivity contribution in [3.8, 4) is 5.75 Å². The minimum absolute atomic E-state index is 0.217. The molecule has 1 aliphatic carbocycles. The zero-order valence-corrected chi connectivity index (χ0v) is 13.5. The van der Waals surface area contributed by atoms with Gasteiger partial charge in [-0.25, -0.2) is 18.4 Å². The van der Waals surface area contributed by atoms with E-state index in [-0.39, 0.29) is 12.4 Å². The number of nitrogens with zero attached hydrogens (tertiary/aromatic N) is 1. The molecule has 4 rings (SSSR count). The molecule has 140 valence electrons. The van der Waals surface area contributed by atoms with Crippen LogP contribution < -0.4 is 10.1 Å². The average Bonchev–Trinajstić information content (AvgIpc) is 2.93. The number of cyclic esters (lactones) is 1. The number of carbonyl (C=O) groups is 2. The van der Waals surface area contributed by atoms with Crippen molar-refractivity contribution in [3.05, 3.63) is 29.6 Å². The monoisotopic (exact) mass is 372 g/mol. The molecule has 26 heavy (non-hydrogen) atoms. The Morgan fingerprint density at radius 1 is 1.19 bits per heavy atom. The van der Waals surface area contributed by atoms with Crippen LogP contribution in [0.3, 0.4) is 0 Å². The van der Waals surface area contributed by atoms with Gasteiger partial charge in [-0.2, -0.15) is 4.39 Å². The van der Waals surface area contributed by atoms with Crippen LogP contribution in [0, 0.1) is 17.5 Å². The van der Waals surface area contributed by atoms with Gasteiger partial charge >= 0.3 is 12.2 Å². The first-order chi connectivity index (χ1) is 12.3. The van der Waals surface area contributed by atoms with Crippen molar-refractivity contribution in [2.24, 2.45) is 0 Å². The van der Waals surface area contributed by atoms with Crippen LogP contribution in [-0.2, 0) is 9.47 Å². The number of hydrogen-bond acceptors (Lipinski definition) is 5. The summed E-state index contributed by atoms with van der Waals surface area (Å²) >= 11 is 0. The third-order valence-electron chi connectivity index (χ3n) is 4.70. The zero-order valence-electron chi connectivity index (χ0n) is 13.5. The van der Waals surface area contributed by atoms with E-state index in [0.717, 1.165) is 12.1 Å². The van der Waals surface area contributed by atoms with Crippen LogP contribution in [-0.4, -0.2) is 54.5 Å². The maximum Gasteiger partial charge on any atom is 0.410 e. The summed E-state index contributed by atoms with van der Waals surface area (Å²) in [5.74, 6) is -4.62. The Balaban J connectivity index is 1.22. The van der Waals surface area contributed by atoms with Crippen molar-refractivity contribution in [2.75, 3.05) is 19.7 Å². The van der Waals surface area contributed by atoms with Gasteiger partial charge in [0, 0.05) is 12.8 Å². The predicted molar refractivity (Wildman–Crippen MR) is 79.0 cm³/mol. The maximum atomic E-state index is 13.6. The number of nitrogens with one attached hydrogen (secondary N) is 1. The average molecular weight is 372 g/mol. The van der Waals surface area contributed by atoms with E-state index in [4.69, 9.17) is 14.2 Å². The molecule has 2 aliphatic heterocycles. The fourth-order valence-electron chi connectivity index (χ4n) is 3.18. The number of rotatable bonds is 3. The fourth-order valence-corrected chi connectivity index (χ4v) is 3.18. The Morgan fingerprint density at radius 2 is 1.92 bits per heavy atom. The number of alkyl carbamates (subject to hydrolysis) is 1. The first-order valence-corrected chi connectivity index (χ1v) is 8.06. The van der Waals surface area contributed by atoms with Crippen molar-refractivity contribution in [2.45, 2.75) is 30.6 Å². The number of halogens is 3. The molecule has 1 aromatic carbocycles. The van der Waals surface area contributed by atoms with Crippen LogP contribution in [0.2, 0.25) is 0 Å². The standard InChI is InChI=1S/C16H15F3N2O5/c17-10-1-2-11(13(19)12(10)18)25-8-3-9(4-8)26-15(23)21-5-16(6-21)7-24-14(22)20-16/h1-2,8-9H,3-7H2,(H,20,22). The van der Waals surface area contributed by atoms with Crippen molar-refractivity contribution >= 4 is 12.2 Å². The van der Waals surface area contributed by atoms with Crippen LogP contribution in [0.25, 0.3) is 0 Å². The Labute approximate surface area is 146 Å². The highest BCUT2D eigenvalue weighted by Crippen LogP contribution is 2.32. The summed E-state index contributed by atoms with van der Waals surface area (Å²) in [4.78, 5) is 24.5. The summed E-state index contributed by atoms with van der Waals surface area (Å²) in [5, 5.41) is 2.66. The van der Waals surface area contributed by atoms with Gasteiger partial charge in [-0.15, -0.1) is 0 Å². The molecular formula is C16H15F3N2O5. The van der Waals surface area contributed by atoms with Crippen molar-refractivity contribution in [3.63, 3.8) is 0 Å². The molecule has 0 radical (unpaired) electrons. The minimum Gasteiger partial charge on any atom is -0.487 e. The Morgan fingerprint density at radius 3 is 2.58 bits per heavy atom. The lowest BCUT2D eigenvalue weighted by Crippen LogP contribution is -2.70. The van der Waals surface area contributed by atoms with E-state index >= 15 is 0 Å². The van der Waals surface area contributed by atoms with Gasteiger partial charge in [0.2, 0.25) is 5.82 Å². The molecule has 7 nitrogen and oxygen atoms in total. The molecule has 2 amide bonds. The van der Waals surface area contributed by atoms with E-state index in [0.29, 0.717) is 25.9 Å². The van der Waals surface area contributed by atoms with Crippen molar-refractivity contribution in [1.29, 1.82) is 0 Å². The summed E-state index contributed by atoms with van der Waals surface area (Å²) in [6.07, 6.45) is -1.21. The lowest BCUT2D eigenvalue weighted by Gasteiger charge is -2.46. The van der Waals surface area contributed by atoms with E-state index in [1.54, 1.807) is 0 Å². The van der Waals surface area contributed by atoms with Crippen molar-refractivity contribution < 1.29 is 37.0 Å². The summed E-state index contributed by atoms with van der Waals surface area (Å²) in [6.45, 7) is 0.837. The molecule has 1 aromatic rings. The van der Waals surface area contributed by atoms with Crippen LogP contribution in [0.4, 0.5) is 22.8 Å². The highest BCUT2D eigenvalue weighted by atomic mass is 19.2. The molecule has 1 spiro atoms. The summed E-state index contributed by atoms with van der Waals surface area (Å²) in [5.41, 5.74) is -0.522. The van der Waals surface area contributed by atoms with Gasteiger partial charge in [-0.3, -0.25) is 0 Å². The quantitative estimate of drug-likeness (QED) is 0.821. The third kappa shape index (κ3) is 2.89. The molecule has 10 heteroatoms. The Bertz CT molecular complexity index is 762. The predicted octanol–water partition coefficient (Wildman–Crippen LogP) is 1.94. The summed E-state index contributed by atoms with van der Waals surface area (Å²) in [6, 6.07) is 1.81. The minimum atomic E-state index is -1.58. The number of hydrogen-bond donors (Lipinski definition) is 1. The first-order valence-electron chi connectivity index (χ1n) is 8.06. The first kappa shape index (κ1) is 16.8. The smallest absolute Gasteiger partial charge is 0.410 e. The van der Waals surface area contributed by atoms with E-state index in [9.17, 15) is 22.8 Å². The number of carbonyl (C=O) groups excluding carboxylic acids is 2. The number of benzene rings is 1. The van der Waals surface area contributed by atoms with Crippen LogP contribution in [0.5, 0.6) is 5.75 Å². The second-order valence-corrected chi connectivity index (χ2v) is 6.73. The van der Waals surface area contributed by atoms with Gasteiger partial charge in [0.15, 0.2) is 17.4 Å². The summed E-state index contributed by atoms with van der Waals surface area (Å²) < 4.78 is 55.0. The highest BCUT2D eigenvalue weighted by molar-refractivity contribution is 5.74. The number of likely N-dealkylation sites (tertiary alicyclic amines) is 1. The van der Waals surface area contributed by atoms with E-state index in [1.165, 1.54) is 4.90 Å². The molecule has 2 saturated heterocycles. The Kier molecular flexibility index (Phi) is 3.85. The van der Waals surface area contributed by atoms with Gasteiger partial charge in [-0.05, 0) is 12.1 Å². The Hall–Kier alpha value is -2.65. The fraction of sp³-hybridized carbons (Fsp3) is 0.500. The molecule has 3 aliphatic rings. The van der Waals surface area contributed by atoms with Gasteiger partial charge in [0.25, 0.3) is 0 Å². The van der Waals surface area contributed by atoms with Gasteiger partial charge in [0.05, 0.1) is 13.1 Å². The molecular weight excluding hydrogens is 357 g/mol. The molecule has 0 unspecified atom stereocenters. The van der Waals surface area contributed by atoms with Crippen LogP contribution >= 0.6 is 0 Å². The van der Waals surface area contributed by atoms with E-state index in [2.05, 4.69) is 5.32 Å². The second kappa shape index (κ2) is 5.96. The topological polar surface area (TPSA) is 77.1 Å². The highest BCUT2D eigenvalue weighted by Gasteiger charge is 2.52. The van der Waals surface area contributed by atoms with Crippen LogP contribution in [0.15, 0.2) is 12.1 Å². The van der Waals surface area contributed by atoms with Gasteiger partial charge in [0.1, 0.15) is 24.4 Å². The second-order valence-electron chi connectivity index (χ2n) is 6.73. The van der Waals surface area contributed by atoms with Crippen molar-refractivity contribution in [1.82, 2.24) is 10.2 Å². The molecule has 1 saturated carbocycles. The maximum absolute atomic E-state index is 13.6. The molecule has 0 atom stereocenters. The number of ether oxygens (including phenoxy) is 3. The van der Waals surface area contributed by atoms with Gasteiger partial charge < -0.3 is 24.4 Å². The van der Waals surface area contributed by atoms with Crippen LogP contribution in [0.1, 0.15) is 12.8 Å². The molecule has 3 fully saturated rings. The lowest BCUT2D eigenvalue weighted by molar-refractivity contribution is -0.0509. The lowest BCUT2D eigenvalue weighted by atomic mass is 9.91. The molecule has 2 heterocycles. The molecule has 0 aromatic heterocycles. The van der Waals surface area contributed by atoms with E-state index < -0.39 is 47.4 Å². The molecule has 0 bridgehead atoms. The van der Waals surface area contributed by atoms with E-state index in [1.807, 2.05) is 0 Å². The third-order valence-corrected chi connectivity index (χ3v) is 4.70. The van der Waals surface area contributed by atoms with Gasteiger partial charge in [-0.1, -0.05) is 0 Å². The zero-order chi connectivity index (χ0) is 18.5.